The summed E-state index contributed by atoms with van der Waals surface area (Å²) in [5.41, 5.74) is 1.75. The number of nitrogens with zero attached hydrogens (tertiary/aromatic N) is 1. The number of hydrogen-bond donors (Lipinski definition) is 0. The van der Waals surface area contributed by atoms with Crippen LogP contribution in [0.5, 0.6) is 5.75 Å². The average Bonchev–Trinajstić information content (AvgIpc) is 3.36. The third-order valence-corrected chi connectivity index (χ3v) is 6.21. The summed E-state index contributed by atoms with van der Waals surface area (Å²) < 4.78 is 16.5. The smallest absolute Gasteiger partial charge is 0.338 e. The first kappa shape index (κ1) is 22.3. The van der Waals surface area contributed by atoms with Gasteiger partial charge >= 0.3 is 5.97 Å². The van der Waals surface area contributed by atoms with E-state index in [2.05, 4.69) is 24.3 Å². The van der Waals surface area contributed by atoms with Crippen molar-refractivity contribution in [2.75, 3.05) is 32.9 Å². The molecule has 2 aliphatic heterocycles. The lowest BCUT2D eigenvalue weighted by Crippen LogP contribution is -2.41. The zero-order valence-corrected chi connectivity index (χ0v) is 18.4. The van der Waals surface area contributed by atoms with Crippen LogP contribution in [-0.4, -0.2) is 55.8 Å². The highest BCUT2D eigenvalue weighted by atomic mass is 16.5. The normalized spacial score (nSPS) is 19.0. The van der Waals surface area contributed by atoms with E-state index in [-0.39, 0.29) is 18.6 Å². The number of benzene rings is 2. The Labute approximate surface area is 189 Å². The van der Waals surface area contributed by atoms with Crippen LogP contribution in [0.3, 0.4) is 0 Å². The van der Waals surface area contributed by atoms with Gasteiger partial charge in [0.05, 0.1) is 11.7 Å². The quantitative estimate of drug-likeness (QED) is 0.587. The predicted molar refractivity (Wildman–Crippen MR) is 121 cm³/mol. The van der Waals surface area contributed by atoms with Crippen molar-refractivity contribution in [1.82, 2.24) is 4.90 Å². The van der Waals surface area contributed by atoms with Crippen LogP contribution in [0.25, 0.3) is 0 Å². The van der Waals surface area contributed by atoms with Gasteiger partial charge in [0, 0.05) is 19.7 Å². The minimum Gasteiger partial charge on any atom is -0.491 e. The van der Waals surface area contributed by atoms with Gasteiger partial charge in [-0.05, 0) is 67.9 Å². The second-order valence-electron chi connectivity index (χ2n) is 8.56. The summed E-state index contributed by atoms with van der Waals surface area (Å²) in [5.74, 6) is 0.646. The summed E-state index contributed by atoms with van der Waals surface area (Å²) in [6, 6.07) is 17.3. The monoisotopic (exact) mass is 437 g/mol. The molecule has 1 amide bonds. The van der Waals surface area contributed by atoms with Crippen molar-refractivity contribution in [3.8, 4) is 5.75 Å². The fourth-order valence-corrected chi connectivity index (χ4v) is 4.29. The Kier molecular flexibility index (Phi) is 7.77. The van der Waals surface area contributed by atoms with Gasteiger partial charge in [-0.2, -0.15) is 0 Å². The maximum atomic E-state index is 12.5. The van der Waals surface area contributed by atoms with E-state index in [1.165, 1.54) is 5.56 Å². The number of carbonyl (C=O) groups is 2. The molecule has 0 saturated carbocycles. The van der Waals surface area contributed by atoms with E-state index in [0.29, 0.717) is 36.9 Å². The van der Waals surface area contributed by atoms with E-state index in [1.54, 1.807) is 29.2 Å². The second kappa shape index (κ2) is 11.1. The molecule has 1 atom stereocenters. The van der Waals surface area contributed by atoms with Crippen molar-refractivity contribution in [2.45, 2.75) is 38.2 Å². The van der Waals surface area contributed by atoms with Crippen LogP contribution >= 0.6 is 0 Å². The summed E-state index contributed by atoms with van der Waals surface area (Å²) in [7, 11) is 0. The number of likely N-dealkylation sites (tertiary alicyclic amines) is 1. The fraction of sp³-hybridized carbons (Fsp3) is 0.462. The zero-order valence-electron chi connectivity index (χ0n) is 18.4. The van der Waals surface area contributed by atoms with Gasteiger partial charge < -0.3 is 19.1 Å². The third kappa shape index (κ3) is 6.33. The predicted octanol–water partition coefficient (Wildman–Crippen LogP) is 3.88. The van der Waals surface area contributed by atoms with Gasteiger partial charge in [-0.3, -0.25) is 4.79 Å². The molecule has 2 aromatic carbocycles. The first-order chi connectivity index (χ1) is 15.7. The number of esters is 1. The van der Waals surface area contributed by atoms with Crippen LogP contribution in [-0.2, 0) is 20.7 Å². The average molecular weight is 438 g/mol. The highest BCUT2D eigenvalue weighted by Crippen LogP contribution is 2.22. The van der Waals surface area contributed by atoms with Gasteiger partial charge in [0.1, 0.15) is 12.4 Å². The maximum absolute atomic E-state index is 12.5. The molecular formula is C26H31NO5. The van der Waals surface area contributed by atoms with Gasteiger partial charge in [0.25, 0.3) is 5.91 Å². The molecule has 0 radical (unpaired) electrons. The molecule has 2 aliphatic rings. The fourth-order valence-electron chi connectivity index (χ4n) is 4.29. The number of piperidine rings is 1. The SMILES string of the molecule is O=C(OCC(=O)N1CCC(Cc2ccccc2)CC1)c1ccc(OCC2CCCO2)cc1. The summed E-state index contributed by atoms with van der Waals surface area (Å²) in [5, 5.41) is 0. The van der Waals surface area contributed by atoms with E-state index in [4.69, 9.17) is 14.2 Å². The van der Waals surface area contributed by atoms with Gasteiger partial charge in [-0.15, -0.1) is 0 Å². The molecule has 1 unspecified atom stereocenters. The van der Waals surface area contributed by atoms with Crippen molar-refractivity contribution < 1.29 is 23.8 Å². The van der Waals surface area contributed by atoms with Crippen LogP contribution in [0.1, 0.15) is 41.6 Å². The molecule has 0 aliphatic carbocycles. The largest absolute Gasteiger partial charge is 0.491 e. The molecule has 2 aromatic rings. The van der Waals surface area contributed by atoms with E-state index < -0.39 is 5.97 Å². The lowest BCUT2D eigenvalue weighted by atomic mass is 9.90. The van der Waals surface area contributed by atoms with Crippen molar-refractivity contribution in [1.29, 1.82) is 0 Å². The Bertz CT molecular complexity index is 869. The molecule has 2 heterocycles. The lowest BCUT2D eigenvalue weighted by Gasteiger charge is -2.32. The summed E-state index contributed by atoms with van der Waals surface area (Å²) in [6.07, 6.45) is 5.23. The Hall–Kier alpha value is -2.86. The third-order valence-electron chi connectivity index (χ3n) is 6.21. The van der Waals surface area contributed by atoms with Crippen LogP contribution in [0.15, 0.2) is 54.6 Å². The van der Waals surface area contributed by atoms with Gasteiger partial charge in [0.15, 0.2) is 6.61 Å². The van der Waals surface area contributed by atoms with Crippen molar-refractivity contribution in [3.05, 3.63) is 65.7 Å². The molecule has 0 bridgehead atoms. The first-order valence-corrected chi connectivity index (χ1v) is 11.5. The Balaban J connectivity index is 1.16. The lowest BCUT2D eigenvalue weighted by molar-refractivity contribution is -0.135. The van der Waals surface area contributed by atoms with Crippen molar-refractivity contribution >= 4 is 11.9 Å². The number of carbonyl (C=O) groups excluding carboxylic acids is 2. The molecule has 4 rings (SSSR count). The molecule has 2 saturated heterocycles. The molecule has 0 N–H and O–H groups in total. The molecule has 2 fully saturated rings. The van der Waals surface area contributed by atoms with Crippen molar-refractivity contribution in [3.63, 3.8) is 0 Å². The molecule has 6 heteroatoms. The zero-order chi connectivity index (χ0) is 22.2. The number of amides is 1. The Morgan fingerprint density at radius 3 is 2.41 bits per heavy atom. The van der Waals surface area contributed by atoms with Crippen LogP contribution in [0, 0.1) is 5.92 Å². The molecule has 32 heavy (non-hydrogen) atoms. The minimum absolute atomic E-state index is 0.131. The maximum Gasteiger partial charge on any atom is 0.338 e. The van der Waals surface area contributed by atoms with Crippen LogP contribution in [0.4, 0.5) is 0 Å². The molecule has 6 nitrogen and oxygen atoms in total. The van der Waals surface area contributed by atoms with E-state index in [0.717, 1.165) is 38.7 Å². The molecular weight excluding hydrogens is 406 g/mol. The highest BCUT2D eigenvalue weighted by Gasteiger charge is 2.24. The topological polar surface area (TPSA) is 65.1 Å². The minimum atomic E-state index is -0.497. The summed E-state index contributed by atoms with van der Waals surface area (Å²) in [6.45, 7) is 2.51. The van der Waals surface area contributed by atoms with E-state index in [9.17, 15) is 9.59 Å². The number of rotatable bonds is 8. The second-order valence-corrected chi connectivity index (χ2v) is 8.56. The Morgan fingerprint density at radius 1 is 0.969 bits per heavy atom. The first-order valence-electron chi connectivity index (χ1n) is 11.5. The van der Waals surface area contributed by atoms with E-state index >= 15 is 0 Å². The van der Waals surface area contributed by atoms with E-state index in [1.807, 2.05) is 6.07 Å². The number of ether oxygens (including phenoxy) is 3. The van der Waals surface area contributed by atoms with Gasteiger partial charge in [0.2, 0.25) is 0 Å². The van der Waals surface area contributed by atoms with Gasteiger partial charge in [-0.1, -0.05) is 30.3 Å². The van der Waals surface area contributed by atoms with Crippen molar-refractivity contribution in [2.24, 2.45) is 5.92 Å². The highest BCUT2D eigenvalue weighted by molar-refractivity contribution is 5.91. The van der Waals surface area contributed by atoms with Crippen LogP contribution < -0.4 is 4.74 Å². The molecule has 0 spiro atoms. The summed E-state index contributed by atoms with van der Waals surface area (Å²) >= 11 is 0. The number of hydrogen-bond acceptors (Lipinski definition) is 5. The van der Waals surface area contributed by atoms with Gasteiger partial charge in [-0.25, -0.2) is 4.79 Å². The molecule has 0 aromatic heterocycles. The summed E-state index contributed by atoms with van der Waals surface area (Å²) in [4.78, 5) is 26.6. The molecule has 170 valence electrons. The van der Waals surface area contributed by atoms with Crippen LogP contribution in [0.2, 0.25) is 0 Å². The standard InChI is InChI=1S/C26H31NO5/c28-25(27-14-12-21(13-15-27)17-20-5-2-1-3-6-20)19-32-26(29)22-8-10-23(11-9-22)31-18-24-7-4-16-30-24/h1-3,5-6,8-11,21,24H,4,7,12-19H2. The Morgan fingerprint density at radius 2 is 1.72 bits per heavy atom.